The van der Waals surface area contributed by atoms with Gasteiger partial charge >= 0.3 is 0 Å². The first-order valence-electron chi connectivity index (χ1n) is 5.89. The summed E-state index contributed by atoms with van der Waals surface area (Å²) in [5, 5.41) is 9.88. The van der Waals surface area contributed by atoms with Gasteiger partial charge in [0.2, 0.25) is 11.3 Å². The second-order valence-corrected chi connectivity index (χ2v) is 4.30. The minimum absolute atomic E-state index is 0.150. The predicted octanol–water partition coefficient (Wildman–Crippen LogP) is 2.03. The fourth-order valence-corrected chi connectivity index (χ4v) is 1.93. The molecule has 0 unspecified atom stereocenters. The van der Waals surface area contributed by atoms with E-state index in [1.54, 1.807) is 18.2 Å². The van der Waals surface area contributed by atoms with Gasteiger partial charge < -0.3 is 4.42 Å². The van der Waals surface area contributed by atoms with Crippen LogP contribution >= 0.6 is 0 Å². The van der Waals surface area contributed by atoms with E-state index in [1.165, 1.54) is 12.1 Å². The molecule has 20 heavy (non-hydrogen) atoms. The molecule has 0 aromatic heterocycles. The molecule has 0 atom stereocenters. The van der Waals surface area contributed by atoms with Gasteiger partial charge in [-0.15, -0.1) is 0 Å². The predicted molar refractivity (Wildman–Crippen MR) is 71.8 cm³/mol. The highest BCUT2D eigenvalue weighted by Gasteiger charge is 2.18. The summed E-state index contributed by atoms with van der Waals surface area (Å²) in [5.41, 5.74) is 0.897. The molecular formula is C14H10N2O4. The van der Waals surface area contributed by atoms with Crippen molar-refractivity contribution in [2.45, 2.75) is 6.92 Å². The summed E-state index contributed by atoms with van der Waals surface area (Å²) in [4.78, 5) is 27.4. The third-order valence-corrected chi connectivity index (χ3v) is 2.89. The van der Waals surface area contributed by atoms with Gasteiger partial charge in [-0.3, -0.25) is 14.8 Å². The van der Waals surface area contributed by atoms with Crippen LogP contribution in [0.5, 0.6) is 0 Å². The van der Waals surface area contributed by atoms with Crippen LogP contribution in [0.1, 0.15) is 6.92 Å². The first-order chi connectivity index (χ1) is 9.56. The van der Waals surface area contributed by atoms with Crippen LogP contribution in [0, 0.1) is 0 Å². The number of para-hydroxylation sites is 2. The normalized spacial score (nSPS) is 10.9. The number of aromatic nitrogens is 1. The molecule has 3 rings (SSSR count). The van der Waals surface area contributed by atoms with Gasteiger partial charge in [-0.05, 0) is 18.2 Å². The Bertz CT molecular complexity index is 840. The van der Waals surface area contributed by atoms with E-state index in [-0.39, 0.29) is 5.69 Å². The van der Waals surface area contributed by atoms with Crippen molar-refractivity contribution in [1.29, 1.82) is 0 Å². The van der Waals surface area contributed by atoms with Crippen LogP contribution in [0.4, 0.5) is 5.69 Å². The number of amides is 1. The van der Waals surface area contributed by atoms with E-state index < -0.39 is 11.3 Å². The molecule has 0 radical (unpaired) electrons. The van der Waals surface area contributed by atoms with Crippen LogP contribution < -0.4 is 10.5 Å². The van der Waals surface area contributed by atoms with Crippen molar-refractivity contribution in [3.63, 3.8) is 0 Å². The lowest BCUT2D eigenvalue weighted by atomic mass is 10.2. The number of nitrogens with zero attached hydrogens (tertiary/aromatic N) is 2. The molecule has 6 heteroatoms. The van der Waals surface area contributed by atoms with Gasteiger partial charge in [-0.1, -0.05) is 12.1 Å². The standard InChI is InChI=1S/C14H10N2O4/c1-8(17)16(19)11-6-10-14(7-12(11)18)20-13-5-3-2-4-9(13)15-10/h2-7,19H,1H3. The Hall–Kier alpha value is -2.73. The number of hydrogen-bond acceptors (Lipinski definition) is 5. The zero-order chi connectivity index (χ0) is 14.3. The van der Waals surface area contributed by atoms with Crippen LogP contribution in [-0.2, 0) is 4.79 Å². The van der Waals surface area contributed by atoms with Gasteiger partial charge in [-0.25, -0.2) is 4.98 Å². The molecule has 1 heterocycles. The lowest BCUT2D eigenvalue weighted by Gasteiger charge is -2.13. The van der Waals surface area contributed by atoms with Crippen molar-refractivity contribution in [3.05, 3.63) is 46.6 Å². The molecule has 1 aliphatic heterocycles. The quantitative estimate of drug-likeness (QED) is 0.415. The Balaban J connectivity index is 2.30. The zero-order valence-corrected chi connectivity index (χ0v) is 10.5. The molecule has 0 spiro atoms. The lowest BCUT2D eigenvalue weighted by Crippen LogP contribution is -2.28. The number of hydrogen-bond donors (Lipinski definition) is 1. The number of carbonyl (C=O) groups is 1. The van der Waals surface area contributed by atoms with Gasteiger partial charge in [0, 0.05) is 13.0 Å². The number of carbonyl (C=O) groups excluding carboxylic acids is 1. The number of fused-ring (bicyclic) bond motifs is 2. The summed E-state index contributed by atoms with van der Waals surface area (Å²) in [5.74, 6) is -0.353. The lowest BCUT2D eigenvalue weighted by molar-refractivity contribution is -0.121. The van der Waals surface area contributed by atoms with E-state index in [0.717, 1.165) is 6.92 Å². The fourth-order valence-electron chi connectivity index (χ4n) is 1.93. The molecular weight excluding hydrogens is 260 g/mol. The van der Waals surface area contributed by atoms with E-state index in [1.807, 2.05) is 6.07 Å². The van der Waals surface area contributed by atoms with Crippen molar-refractivity contribution < 1.29 is 14.4 Å². The van der Waals surface area contributed by atoms with Crippen LogP contribution in [-0.4, -0.2) is 16.1 Å². The second kappa shape index (κ2) is 4.43. The monoisotopic (exact) mass is 270 g/mol. The van der Waals surface area contributed by atoms with Crippen LogP contribution in [0.2, 0.25) is 0 Å². The maximum atomic E-state index is 11.9. The maximum absolute atomic E-state index is 11.9. The molecule has 100 valence electrons. The Kier molecular flexibility index (Phi) is 2.73. The number of rotatable bonds is 1. The Morgan fingerprint density at radius 1 is 1.30 bits per heavy atom. The van der Waals surface area contributed by atoms with Gasteiger partial charge in [0.25, 0.3) is 0 Å². The minimum atomic E-state index is -0.654. The largest absolute Gasteiger partial charge is 0.453 e. The van der Waals surface area contributed by atoms with Crippen molar-refractivity contribution in [2.75, 3.05) is 5.06 Å². The molecule has 1 aliphatic carbocycles. The maximum Gasteiger partial charge on any atom is 0.247 e. The molecule has 0 fully saturated rings. The third kappa shape index (κ3) is 1.92. The number of hydroxylamine groups is 1. The van der Waals surface area contributed by atoms with E-state index in [9.17, 15) is 14.8 Å². The van der Waals surface area contributed by atoms with Crippen LogP contribution in [0.25, 0.3) is 22.6 Å². The average molecular weight is 270 g/mol. The first kappa shape index (κ1) is 12.3. The molecule has 1 aromatic carbocycles. The summed E-state index contributed by atoms with van der Waals surface area (Å²) in [6, 6.07) is 9.66. The van der Waals surface area contributed by atoms with E-state index >= 15 is 0 Å². The van der Waals surface area contributed by atoms with Crippen LogP contribution in [0.3, 0.4) is 0 Å². The van der Waals surface area contributed by atoms with Crippen molar-refractivity contribution >= 4 is 22.7 Å². The van der Waals surface area contributed by atoms with E-state index in [4.69, 9.17) is 4.42 Å². The van der Waals surface area contributed by atoms with Gasteiger partial charge in [0.15, 0.2) is 11.3 Å². The number of benzene rings is 2. The van der Waals surface area contributed by atoms with Gasteiger partial charge in [0.05, 0.1) is 0 Å². The first-order valence-corrected chi connectivity index (χ1v) is 5.89. The molecule has 0 saturated heterocycles. The van der Waals surface area contributed by atoms with Crippen molar-refractivity contribution in [2.24, 2.45) is 0 Å². The zero-order valence-electron chi connectivity index (χ0n) is 10.5. The van der Waals surface area contributed by atoms with Crippen LogP contribution in [0.15, 0.2) is 45.6 Å². The highest BCUT2D eigenvalue weighted by atomic mass is 16.5. The average Bonchev–Trinajstić information content (AvgIpc) is 2.43. The topological polar surface area (TPSA) is 83.6 Å². The molecule has 2 aliphatic rings. The second-order valence-electron chi connectivity index (χ2n) is 4.30. The Labute approximate surface area is 113 Å². The number of anilines is 1. The van der Waals surface area contributed by atoms with E-state index in [2.05, 4.69) is 4.98 Å². The summed E-state index contributed by atoms with van der Waals surface area (Å²) < 4.78 is 5.57. The minimum Gasteiger partial charge on any atom is -0.453 e. The summed E-state index contributed by atoms with van der Waals surface area (Å²) in [7, 11) is 0. The molecule has 1 aromatic rings. The Morgan fingerprint density at radius 3 is 2.80 bits per heavy atom. The van der Waals surface area contributed by atoms with Gasteiger partial charge in [0.1, 0.15) is 16.9 Å². The van der Waals surface area contributed by atoms with Gasteiger partial charge in [-0.2, -0.15) is 5.06 Å². The molecule has 1 amide bonds. The van der Waals surface area contributed by atoms with E-state index in [0.29, 0.717) is 27.6 Å². The Morgan fingerprint density at radius 2 is 2.05 bits per heavy atom. The fraction of sp³-hybridized carbons (Fsp3) is 0.0714. The SMILES string of the molecule is CC(=O)N(O)c1cc2nc3ccccc3oc-2cc1=O. The molecule has 6 nitrogen and oxygen atoms in total. The highest BCUT2D eigenvalue weighted by molar-refractivity contribution is 5.90. The van der Waals surface area contributed by atoms with Crippen molar-refractivity contribution in [1.82, 2.24) is 4.98 Å². The smallest absolute Gasteiger partial charge is 0.247 e. The highest BCUT2D eigenvalue weighted by Crippen LogP contribution is 2.26. The summed E-state index contributed by atoms with van der Waals surface area (Å²) in [6.07, 6.45) is 0. The van der Waals surface area contributed by atoms with Crippen molar-refractivity contribution in [3.8, 4) is 11.5 Å². The third-order valence-electron chi connectivity index (χ3n) is 2.89. The molecule has 0 bridgehead atoms. The molecule has 1 N–H and O–H groups in total. The summed E-state index contributed by atoms with van der Waals surface area (Å²) in [6.45, 7) is 1.15. The summed E-state index contributed by atoms with van der Waals surface area (Å²) >= 11 is 0. The molecule has 0 saturated carbocycles.